The molecule has 0 aliphatic carbocycles. The van der Waals surface area contributed by atoms with Gasteiger partial charge in [-0.05, 0) is 31.2 Å². The Balaban J connectivity index is 1.67. The maximum atomic E-state index is 14.0. The van der Waals surface area contributed by atoms with E-state index in [-0.39, 0.29) is 23.9 Å². The van der Waals surface area contributed by atoms with E-state index in [4.69, 9.17) is 0 Å². The number of likely N-dealkylation sites (tertiary alicyclic amines) is 1. The van der Waals surface area contributed by atoms with Crippen molar-refractivity contribution in [3.63, 3.8) is 0 Å². The van der Waals surface area contributed by atoms with Crippen molar-refractivity contribution in [1.29, 1.82) is 0 Å². The third-order valence-corrected chi connectivity index (χ3v) is 5.88. The molecule has 1 aromatic heterocycles. The quantitative estimate of drug-likeness (QED) is 0.810. The summed E-state index contributed by atoms with van der Waals surface area (Å²) in [4.78, 5) is 27.9. The van der Waals surface area contributed by atoms with Crippen LogP contribution in [0.5, 0.6) is 0 Å². The van der Waals surface area contributed by atoms with E-state index in [2.05, 4.69) is 12.0 Å². The number of amides is 1. The van der Waals surface area contributed by atoms with Gasteiger partial charge in [0.25, 0.3) is 0 Å². The van der Waals surface area contributed by atoms with E-state index >= 15 is 0 Å². The summed E-state index contributed by atoms with van der Waals surface area (Å²) in [6.07, 6.45) is 2.33. The average Bonchev–Trinajstić information content (AvgIpc) is 3.22. The highest BCUT2D eigenvalue weighted by Crippen LogP contribution is 2.33. The third kappa shape index (κ3) is 3.25. The van der Waals surface area contributed by atoms with Crippen LogP contribution in [0.4, 0.5) is 8.78 Å². The normalized spacial score (nSPS) is 24.4. The zero-order chi connectivity index (χ0) is 20.0. The van der Waals surface area contributed by atoms with Gasteiger partial charge in [-0.3, -0.25) is 9.36 Å². The van der Waals surface area contributed by atoms with Gasteiger partial charge in [0.05, 0.1) is 6.54 Å². The van der Waals surface area contributed by atoms with Crippen LogP contribution in [0.15, 0.2) is 23.0 Å². The molecule has 1 amide bonds. The van der Waals surface area contributed by atoms with Gasteiger partial charge in [0, 0.05) is 30.6 Å². The van der Waals surface area contributed by atoms with Gasteiger partial charge >= 0.3 is 5.69 Å². The second kappa shape index (κ2) is 7.14. The number of hydrogen-bond donors (Lipinski definition) is 0. The number of carbonyl (C=O) groups excluding carboxylic acids is 1. The lowest BCUT2D eigenvalue weighted by molar-refractivity contribution is -0.134. The fraction of sp³-hybridized carbons (Fsp3) is 0.550. The van der Waals surface area contributed by atoms with Crippen molar-refractivity contribution in [2.45, 2.75) is 51.6 Å². The standard InChI is InChI=1S/C20H24F2N4O2/c1-12-7-8-24(10-12)19(27)17-6-3-13(2)18-23-25(20(28)26(17)18)11-14-4-5-15(21)9-16(14)22/h4-5,9,12-13,17H,3,6-8,10-11H2,1-2H3/t12-,13?,17?/m0/s1. The Morgan fingerprint density at radius 1 is 1.21 bits per heavy atom. The summed E-state index contributed by atoms with van der Waals surface area (Å²) in [5.41, 5.74) is -0.237. The molecule has 1 fully saturated rings. The minimum absolute atomic E-state index is 0.0351. The smallest absolute Gasteiger partial charge is 0.341 e. The van der Waals surface area contributed by atoms with E-state index in [0.29, 0.717) is 31.3 Å². The van der Waals surface area contributed by atoms with Crippen molar-refractivity contribution in [3.05, 3.63) is 51.7 Å². The van der Waals surface area contributed by atoms with E-state index in [9.17, 15) is 18.4 Å². The van der Waals surface area contributed by atoms with Crippen LogP contribution in [0.2, 0.25) is 0 Å². The molecule has 0 spiro atoms. The number of halogens is 2. The summed E-state index contributed by atoms with van der Waals surface area (Å²) < 4.78 is 29.8. The van der Waals surface area contributed by atoms with Gasteiger partial charge in [-0.2, -0.15) is 5.10 Å². The van der Waals surface area contributed by atoms with Crippen LogP contribution < -0.4 is 5.69 Å². The minimum Gasteiger partial charge on any atom is -0.341 e. The summed E-state index contributed by atoms with van der Waals surface area (Å²) in [7, 11) is 0. The lowest BCUT2D eigenvalue weighted by Gasteiger charge is -2.29. The highest BCUT2D eigenvalue weighted by Gasteiger charge is 2.37. The number of carbonyl (C=O) groups is 1. The van der Waals surface area contributed by atoms with Crippen molar-refractivity contribution in [1.82, 2.24) is 19.2 Å². The SMILES string of the molecule is CC1CCC(C(=O)N2CC[C@H](C)C2)n2c1nn(Cc1ccc(F)cc1F)c2=O. The zero-order valence-corrected chi connectivity index (χ0v) is 16.1. The lowest BCUT2D eigenvalue weighted by Crippen LogP contribution is -2.42. The first-order valence-electron chi connectivity index (χ1n) is 9.77. The summed E-state index contributed by atoms with van der Waals surface area (Å²) in [6.45, 7) is 5.41. The number of fused-ring (bicyclic) bond motifs is 1. The van der Waals surface area contributed by atoms with Gasteiger partial charge in [0.15, 0.2) is 0 Å². The molecule has 2 unspecified atom stereocenters. The van der Waals surface area contributed by atoms with Gasteiger partial charge in [0.2, 0.25) is 5.91 Å². The van der Waals surface area contributed by atoms with Crippen LogP contribution in [-0.2, 0) is 11.3 Å². The maximum absolute atomic E-state index is 14.0. The first-order valence-corrected chi connectivity index (χ1v) is 9.77. The second-order valence-corrected chi connectivity index (χ2v) is 8.08. The molecule has 6 nitrogen and oxygen atoms in total. The number of rotatable bonds is 3. The minimum atomic E-state index is -0.718. The van der Waals surface area contributed by atoms with E-state index in [1.807, 2.05) is 11.8 Å². The first kappa shape index (κ1) is 18.8. The topological polar surface area (TPSA) is 60.1 Å². The third-order valence-electron chi connectivity index (χ3n) is 5.88. The van der Waals surface area contributed by atoms with Crippen molar-refractivity contribution in [2.75, 3.05) is 13.1 Å². The molecule has 4 rings (SSSR count). The zero-order valence-electron chi connectivity index (χ0n) is 16.1. The van der Waals surface area contributed by atoms with E-state index < -0.39 is 23.4 Å². The number of nitrogens with zero attached hydrogens (tertiary/aromatic N) is 4. The fourth-order valence-corrected chi connectivity index (χ4v) is 4.23. The Bertz CT molecular complexity index is 968. The molecule has 0 N–H and O–H groups in total. The lowest BCUT2D eigenvalue weighted by atomic mass is 9.95. The molecule has 0 radical (unpaired) electrons. The molecule has 2 aromatic rings. The van der Waals surface area contributed by atoms with Gasteiger partial charge in [0.1, 0.15) is 23.5 Å². The van der Waals surface area contributed by atoms with E-state index in [0.717, 1.165) is 25.0 Å². The Morgan fingerprint density at radius 2 is 2.00 bits per heavy atom. The summed E-state index contributed by atoms with van der Waals surface area (Å²) in [5.74, 6) is -0.363. The Labute approximate surface area is 161 Å². The Morgan fingerprint density at radius 3 is 2.68 bits per heavy atom. The predicted molar refractivity (Wildman–Crippen MR) is 99.0 cm³/mol. The second-order valence-electron chi connectivity index (χ2n) is 8.08. The first-order chi connectivity index (χ1) is 13.3. The Kier molecular flexibility index (Phi) is 4.81. The van der Waals surface area contributed by atoms with Crippen LogP contribution in [0.3, 0.4) is 0 Å². The van der Waals surface area contributed by atoms with E-state index in [1.165, 1.54) is 15.3 Å². The molecule has 3 atom stereocenters. The van der Waals surface area contributed by atoms with Gasteiger partial charge in [-0.15, -0.1) is 0 Å². The molecule has 2 aliphatic heterocycles. The van der Waals surface area contributed by atoms with Crippen LogP contribution in [0.1, 0.15) is 56.5 Å². The van der Waals surface area contributed by atoms with Crippen molar-refractivity contribution < 1.29 is 13.6 Å². The summed E-state index contributed by atoms with van der Waals surface area (Å²) in [5, 5.41) is 4.40. The summed E-state index contributed by atoms with van der Waals surface area (Å²) >= 11 is 0. The molecule has 28 heavy (non-hydrogen) atoms. The molecule has 150 valence electrons. The van der Waals surface area contributed by atoms with Crippen LogP contribution in [0.25, 0.3) is 0 Å². The maximum Gasteiger partial charge on any atom is 0.347 e. The van der Waals surface area contributed by atoms with Crippen LogP contribution in [-0.4, -0.2) is 38.2 Å². The number of hydrogen-bond acceptors (Lipinski definition) is 3. The monoisotopic (exact) mass is 390 g/mol. The molecule has 0 bridgehead atoms. The van der Waals surface area contributed by atoms with Gasteiger partial charge in [-0.1, -0.05) is 19.9 Å². The van der Waals surface area contributed by atoms with E-state index in [1.54, 1.807) is 0 Å². The summed E-state index contributed by atoms with van der Waals surface area (Å²) in [6, 6.07) is 2.70. The molecule has 1 saturated heterocycles. The highest BCUT2D eigenvalue weighted by atomic mass is 19.1. The average molecular weight is 390 g/mol. The number of benzene rings is 1. The molecule has 1 aromatic carbocycles. The molecule has 3 heterocycles. The Hall–Kier alpha value is -2.51. The highest BCUT2D eigenvalue weighted by molar-refractivity contribution is 5.81. The van der Waals surface area contributed by atoms with Crippen molar-refractivity contribution >= 4 is 5.91 Å². The molecular weight excluding hydrogens is 366 g/mol. The fourth-order valence-electron chi connectivity index (χ4n) is 4.23. The largest absolute Gasteiger partial charge is 0.347 e. The van der Waals surface area contributed by atoms with Crippen molar-refractivity contribution in [2.24, 2.45) is 5.92 Å². The van der Waals surface area contributed by atoms with Crippen molar-refractivity contribution in [3.8, 4) is 0 Å². The predicted octanol–water partition coefficient (Wildman–Crippen LogP) is 2.68. The number of aromatic nitrogens is 3. The molecule has 8 heteroatoms. The van der Waals surface area contributed by atoms with Gasteiger partial charge < -0.3 is 4.90 Å². The van der Waals surface area contributed by atoms with Crippen LogP contribution >= 0.6 is 0 Å². The van der Waals surface area contributed by atoms with Gasteiger partial charge in [-0.25, -0.2) is 18.3 Å². The van der Waals surface area contributed by atoms with Crippen LogP contribution in [0, 0.1) is 17.6 Å². The molecule has 2 aliphatic rings. The molecule has 0 saturated carbocycles. The molecular formula is C20H24F2N4O2.